The van der Waals surface area contributed by atoms with Gasteiger partial charge in [-0.1, -0.05) is 6.07 Å². The Bertz CT molecular complexity index is 519. The lowest BCUT2D eigenvalue weighted by Crippen LogP contribution is -2.22. The number of aliphatic hydroxyl groups is 1. The van der Waals surface area contributed by atoms with Gasteiger partial charge in [-0.2, -0.15) is 5.26 Å². The van der Waals surface area contributed by atoms with Crippen LogP contribution in [0.4, 0.5) is 5.69 Å². The molecule has 1 atom stereocenters. The molecular formula is C16H21N3O. The van der Waals surface area contributed by atoms with Gasteiger partial charge in [-0.3, -0.25) is 0 Å². The molecule has 0 bridgehead atoms. The monoisotopic (exact) mass is 271 g/mol. The second-order valence-corrected chi connectivity index (χ2v) is 5.90. The summed E-state index contributed by atoms with van der Waals surface area (Å²) in [5, 5.41) is 22.1. The number of nitrogens with zero attached hydrogens (tertiary/aromatic N) is 2. The van der Waals surface area contributed by atoms with E-state index in [1.165, 1.54) is 18.4 Å². The summed E-state index contributed by atoms with van der Waals surface area (Å²) in [7, 11) is 0. The van der Waals surface area contributed by atoms with Crippen LogP contribution < -0.4 is 10.2 Å². The Morgan fingerprint density at radius 1 is 1.35 bits per heavy atom. The van der Waals surface area contributed by atoms with Crippen LogP contribution >= 0.6 is 0 Å². The Morgan fingerprint density at radius 2 is 2.20 bits per heavy atom. The number of hydrogen-bond donors (Lipinski definition) is 2. The Balaban J connectivity index is 1.72. The van der Waals surface area contributed by atoms with Gasteiger partial charge in [0.15, 0.2) is 0 Å². The molecule has 20 heavy (non-hydrogen) atoms. The van der Waals surface area contributed by atoms with Crippen LogP contribution in [0.3, 0.4) is 0 Å². The van der Waals surface area contributed by atoms with Gasteiger partial charge in [0.05, 0.1) is 11.3 Å². The van der Waals surface area contributed by atoms with Crippen LogP contribution in [0.1, 0.15) is 30.4 Å². The fourth-order valence-electron chi connectivity index (χ4n) is 2.81. The Morgan fingerprint density at radius 3 is 2.85 bits per heavy atom. The Kier molecular flexibility index (Phi) is 3.90. The highest BCUT2D eigenvalue weighted by molar-refractivity contribution is 5.61. The molecule has 2 aliphatic rings. The largest absolute Gasteiger partial charge is 0.396 e. The summed E-state index contributed by atoms with van der Waals surface area (Å²) >= 11 is 0. The highest BCUT2D eigenvalue weighted by Gasteiger charge is 2.24. The standard InChI is InChI=1S/C16H21N3O/c17-8-14-7-12(9-18-15-2-3-15)1-4-16(14)19-6-5-13(10-19)11-20/h1,4,7,13,15,18,20H,2-3,5-6,9-11H2. The first kappa shape index (κ1) is 13.4. The smallest absolute Gasteiger partial charge is 0.101 e. The van der Waals surface area contributed by atoms with Gasteiger partial charge in [0.2, 0.25) is 0 Å². The number of nitriles is 1. The van der Waals surface area contributed by atoms with E-state index in [-0.39, 0.29) is 6.61 Å². The number of aliphatic hydroxyl groups excluding tert-OH is 1. The first-order chi connectivity index (χ1) is 9.80. The molecule has 106 valence electrons. The maximum Gasteiger partial charge on any atom is 0.101 e. The molecule has 0 spiro atoms. The summed E-state index contributed by atoms with van der Waals surface area (Å²) in [4.78, 5) is 2.22. The summed E-state index contributed by atoms with van der Waals surface area (Å²) in [6.45, 7) is 2.87. The molecule has 4 nitrogen and oxygen atoms in total. The Labute approximate surface area is 120 Å². The summed E-state index contributed by atoms with van der Waals surface area (Å²) in [5.41, 5.74) is 2.94. The minimum absolute atomic E-state index is 0.238. The first-order valence-corrected chi connectivity index (χ1v) is 7.42. The lowest BCUT2D eigenvalue weighted by atomic mass is 10.1. The van der Waals surface area contributed by atoms with Gasteiger partial charge in [0.1, 0.15) is 6.07 Å². The second kappa shape index (κ2) is 5.82. The van der Waals surface area contributed by atoms with E-state index in [2.05, 4.69) is 28.4 Å². The van der Waals surface area contributed by atoms with Gasteiger partial charge in [0, 0.05) is 38.2 Å². The topological polar surface area (TPSA) is 59.3 Å². The van der Waals surface area contributed by atoms with Crippen LogP contribution in [-0.4, -0.2) is 30.8 Å². The van der Waals surface area contributed by atoms with E-state index in [4.69, 9.17) is 0 Å². The summed E-state index contributed by atoms with van der Waals surface area (Å²) in [6, 6.07) is 9.17. The van der Waals surface area contributed by atoms with E-state index in [1.807, 2.05) is 6.07 Å². The quantitative estimate of drug-likeness (QED) is 0.854. The Hall–Kier alpha value is -1.57. The predicted octanol–water partition coefficient (Wildman–Crippen LogP) is 1.63. The third-order valence-electron chi connectivity index (χ3n) is 4.24. The van der Waals surface area contributed by atoms with Crippen molar-refractivity contribution in [2.24, 2.45) is 5.92 Å². The molecule has 1 unspecified atom stereocenters. The maximum atomic E-state index is 9.37. The highest BCUT2D eigenvalue weighted by Crippen LogP contribution is 2.28. The van der Waals surface area contributed by atoms with Crippen molar-refractivity contribution >= 4 is 5.69 Å². The van der Waals surface area contributed by atoms with E-state index in [9.17, 15) is 10.4 Å². The molecule has 4 heteroatoms. The molecule has 1 aliphatic heterocycles. The van der Waals surface area contributed by atoms with E-state index in [0.29, 0.717) is 12.0 Å². The van der Waals surface area contributed by atoms with Gasteiger partial charge in [0.25, 0.3) is 0 Å². The van der Waals surface area contributed by atoms with Gasteiger partial charge >= 0.3 is 0 Å². The van der Waals surface area contributed by atoms with E-state index >= 15 is 0 Å². The van der Waals surface area contributed by atoms with Gasteiger partial charge in [-0.05, 0) is 37.0 Å². The summed E-state index contributed by atoms with van der Waals surface area (Å²) < 4.78 is 0. The van der Waals surface area contributed by atoms with Crippen molar-refractivity contribution < 1.29 is 5.11 Å². The van der Waals surface area contributed by atoms with Crippen LogP contribution in [-0.2, 0) is 6.54 Å². The van der Waals surface area contributed by atoms with Crippen molar-refractivity contribution in [3.63, 3.8) is 0 Å². The third-order valence-corrected chi connectivity index (χ3v) is 4.24. The van der Waals surface area contributed by atoms with Crippen molar-refractivity contribution in [2.75, 3.05) is 24.6 Å². The van der Waals surface area contributed by atoms with E-state index in [0.717, 1.165) is 37.3 Å². The number of anilines is 1. The van der Waals surface area contributed by atoms with Crippen molar-refractivity contribution in [3.05, 3.63) is 29.3 Å². The average molecular weight is 271 g/mol. The summed E-state index contributed by atoms with van der Waals surface area (Å²) in [6.07, 6.45) is 3.56. The molecule has 2 fully saturated rings. The minimum Gasteiger partial charge on any atom is -0.396 e. The van der Waals surface area contributed by atoms with Crippen molar-refractivity contribution in [1.82, 2.24) is 5.32 Å². The summed E-state index contributed by atoms with van der Waals surface area (Å²) in [5.74, 6) is 0.345. The lowest BCUT2D eigenvalue weighted by molar-refractivity contribution is 0.238. The van der Waals surface area contributed by atoms with E-state index < -0.39 is 0 Å². The van der Waals surface area contributed by atoms with Crippen LogP contribution in [0.15, 0.2) is 18.2 Å². The van der Waals surface area contributed by atoms with Gasteiger partial charge < -0.3 is 15.3 Å². The van der Waals surface area contributed by atoms with Gasteiger partial charge in [-0.25, -0.2) is 0 Å². The molecule has 0 aromatic heterocycles. The molecule has 1 aliphatic carbocycles. The normalized spacial score (nSPS) is 22.0. The molecule has 1 saturated heterocycles. The zero-order chi connectivity index (χ0) is 13.9. The maximum absolute atomic E-state index is 9.37. The van der Waals surface area contributed by atoms with Crippen LogP contribution in [0.2, 0.25) is 0 Å². The molecule has 1 aromatic rings. The molecule has 1 heterocycles. The van der Waals surface area contributed by atoms with Crippen LogP contribution in [0, 0.1) is 17.2 Å². The molecule has 1 saturated carbocycles. The number of hydrogen-bond acceptors (Lipinski definition) is 4. The lowest BCUT2D eigenvalue weighted by Gasteiger charge is -2.20. The molecule has 1 aromatic carbocycles. The fraction of sp³-hybridized carbons (Fsp3) is 0.562. The molecule has 0 radical (unpaired) electrons. The second-order valence-electron chi connectivity index (χ2n) is 5.90. The van der Waals surface area contributed by atoms with Crippen LogP contribution in [0.25, 0.3) is 0 Å². The van der Waals surface area contributed by atoms with Crippen molar-refractivity contribution in [2.45, 2.75) is 31.8 Å². The van der Waals surface area contributed by atoms with E-state index in [1.54, 1.807) is 0 Å². The highest BCUT2D eigenvalue weighted by atomic mass is 16.3. The number of benzene rings is 1. The molecule has 0 amide bonds. The van der Waals surface area contributed by atoms with Crippen LogP contribution in [0.5, 0.6) is 0 Å². The molecule has 3 rings (SSSR count). The average Bonchev–Trinajstić information content (AvgIpc) is 3.20. The molecule has 2 N–H and O–H groups in total. The number of rotatable bonds is 5. The van der Waals surface area contributed by atoms with Crippen molar-refractivity contribution in [1.29, 1.82) is 5.26 Å². The first-order valence-electron chi connectivity index (χ1n) is 7.42. The zero-order valence-corrected chi connectivity index (χ0v) is 11.7. The van der Waals surface area contributed by atoms with Gasteiger partial charge in [-0.15, -0.1) is 0 Å². The SMILES string of the molecule is N#Cc1cc(CNC2CC2)ccc1N1CCC(CO)C1. The third kappa shape index (κ3) is 2.95. The van der Waals surface area contributed by atoms with Crippen molar-refractivity contribution in [3.8, 4) is 6.07 Å². The zero-order valence-electron chi connectivity index (χ0n) is 11.7. The fourth-order valence-corrected chi connectivity index (χ4v) is 2.81. The molecular weight excluding hydrogens is 250 g/mol. The minimum atomic E-state index is 0.238. The number of nitrogens with one attached hydrogen (secondary N) is 1. The predicted molar refractivity (Wildman–Crippen MR) is 78.4 cm³/mol.